The van der Waals surface area contributed by atoms with Gasteiger partial charge in [0.05, 0.1) is 4.47 Å². The van der Waals surface area contributed by atoms with Gasteiger partial charge in [-0.1, -0.05) is 6.07 Å². The van der Waals surface area contributed by atoms with Crippen LogP contribution < -0.4 is 10.1 Å². The van der Waals surface area contributed by atoms with E-state index in [2.05, 4.69) is 21.2 Å². The minimum atomic E-state index is -0.664. The Balaban J connectivity index is 1.79. The van der Waals surface area contributed by atoms with E-state index >= 15 is 0 Å². The van der Waals surface area contributed by atoms with Gasteiger partial charge < -0.3 is 15.2 Å². The van der Waals surface area contributed by atoms with E-state index in [4.69, 9.17) is 4.74 Å². The van der Waals surface area contributed by atoms with Crippen LogP contribution in [0.5, 0.6) is 5.75 Å². The molecule has 0 spiro atoms. The number of aryl methyl sites for hydroxylation is 1. The minimum absolute atomic E-state index is 0.176. The maximum absolute atomic E-state index is 12.8. The van der Waals surface area contributed by atoms with Gasteiger partial charge in [0.2, 0.25) is 0 Å². The van der Waals surface area contributed by atoms with E-state index < -0.39 is 6.10 Å². The first-order chi connectivity index (χ1) is 10.0. The van der Waals surface area contributed by atoms with Gasteiger partial charge in [0.1, 0.15) is 24.3 Å². The topological polar surface area (TPSA) is 41.5 Å². The van der Waals surface area contributed by atoms with Crippen LogP contribution in [0.4, 0.5) is 10.1 Å². The van der Waals surface area contributed by atoms with Gasteiger partial charge in [0.25, 0.3) is 0 Å². The molecule has 1 unspecified atom stereocenters. The Morgan fingerprint density at radius 1 is 1.24 bits per heavy atom. The average molecular weight is 354 g/mol. The fourth-order valence-corrected chi connectivity index (χ4v) is 2.38. The predicted octanol–water partition coefficient (Wildman–Crippen LogP) is 3.75. The van der Waals surface area contributed by atoms with Crippen molar-refractivity contribution in [1.82, 2.24) is 0 Å². The van der Waals surface area contributed by atoms with Gasteiger partial charge in [-0.2, -0.15) is 0 Å². The van der Waals surface area contributed by atoms with Crippen molar-refractivity contribution in [1.29, 1.82) is 0 Å². The third-order valence-electron chi connectivity index (χ3n) is 2.90. The highest BCUT2D eigenvalue weighted by Gasteiger charge is 2.07. The number of aliphatic hydroxyl groups excluding tert-OH is 1. The monoisotopic (exact) mass is 353 g/mol. The van der Waals surface area contributed by atoms with Crippen LogP contribution in [0.3, 0.4) is 0 Å². The fourth-order valence-electron chi connectivity index (χ4n) is 1.77. The molecule has 2 aromatic carbocycles. The summed E-state index contributed by atoms with van der Waals surface area (Å²) in [5, 5.41) is 12.9. The van der Waals surface area contributed by atoms with Crippen molar-refractivity contribution in [3.05, 3.63) is 58.3 Å². The molecule has 0 aliphatic rings. The second-order valence-corrected chi connectivity index (χ2v) is 5.64. The van der Waals surface area contributed by atoms with Crippen LogP contribution in [0.1, 0.15) is 5.56 Å². The lowest BCUT2D eigenvalue weighted by Gasteiger charge is -2.15. The zero-order chi connectivity index (χ0) is 15.2. The molecular weight excluding hydrogens is 337 g/mol. The maximum atomic E-state index is 12.8. The molecule has 112 valence electrons. The van der Waals surface area contributed by atoms with E-state index in [1.807, 2.05) is 25.1 Å². The molecule has 0 fully saturated rings. The molecule has 0 aliphatic heterocycles. The van der Waals surface area contributed by atoms with Crippen molar-refractivity contribution in [3.63, 3.8) is 0 Å². The fraction of sp³-hybridized carbons (Fsp3) is 0.250. The van der Waals surface area contributed by atoms with Crippen molar-refractivity contribution in [3.8, 4) is 5.75 Å². The molecule has 0 heterocycles. The van der Waals surface area contributed by atoms with Gasteiger partial charge in [0, 0.05) is 12.2 Å². The molecule has 0 aliphatic carbocycles. The summed E-state index contributed by atoms with van der Waals surface area (Å²) < 4.78 is 19.2. The van der Waals surface area contributed by atoms with Gasteiger partial charge in [-0.3, -0.25) is 0 Å². The minimum Gasteiger partial charge on any atom is -0.490 e. The summed E-state index contributed by atoms with van der Waals surface area (Å²) in [5.74, 6) is 0.412. The molecule has 2 aromatic rings. The second kappa shape index (κ2) is 7.43. The lowest BCUT2D eigenvalue weighted by Crippen LogP contribution is -2.26. The van der Waals surface area contributed by atoms with E-state index in [0.29, 0.717) is 12.3 Å². The van der Waals surface area contributed by atoms with Crippen molar-refractivity contribution in [2.75, 3.05) is 18.5 Å². The van der Waals surface area contributed by atoms with E-state index in [9.17, 15) is 9.50 Å². The molecule has 0 amide bonds. The van der Waals surface area contributed by atoms with E-state index in [0.717, 1.165) is 15.7 Å². The molecule has 3 nitrogen and oxygen atoms in total. The number of benzene rings is 2. The van der Waals surface area contributed by atoms with Crippen LogP contribution in [0.15, 0.2) is 46.9 Å². The van der Waals surface area contributed by atoms with Gasteiger partial charge in [-0.25, -0.2) is 4.39 Å². The number of nitrogens with one attached hydrogen (secondary N) is 1. The number of rotatable bonds is 6. The number of hydrogen-bond donors (Lipinski definition) is 2. The summed E-state index contributed by atoms with van der Waals surface area (Å²) in [7, 11) is 0. The van der Waals surface area contributed by atoms with Gasteiger partial charge in [-0.15, -0.1) is 0 Å². The Hall–Kier alpha value is -1.59. The van der Waals surface area contributed by atoms with Crippen LogP contribution in [-0.4, -0.2) is 24.4 Å². The Kier molecular flexibility index (Phi) is 5.59. The standard InChI is InChI=1S/C16H17BrFNO2/c1-11-2-7-16(15(17)8-11)21-10-14(20)9-19-13-5-3-12(18)4-6-13/h2-8,14,19-20H,9-10H2,1H3. The largest absolute Gasteiger partial charge is 0.490 e. The Labute approximate surface area is 131 Å². The number of aliphatic hydroxyl groups is 1. The summed E-state index contributed by atoms with van der Waals surface area (Å²) in [6.45, 7) is 2.50. The molecule has 0 saturated carbocycles. The number of anilines is 1. The summed E-state index contributed by atoms with van der Waals surface area (Å²) in [6, 6.07) is 11.8. The Bertz CT molecular complexity index is 589. The molecule has 1 atom stereocenters. The zero-order valence-electron chi connectivity index (χ0n) is 11.6. The lowest BCUT2D eigenvalue weighted by atomic mass is 10.2. The van der Waals surface area contributed by atoms with Gasteiger partial charge in [-0.05, 0) is 64.8 Å². The van der Waals surface area contributed by atoms with Crippen LogP contribution >= 0.6 is 15.9 Å². The molecule has 21 heavy (non-hydrogen) atoms. The first-order valence-corrected chi connectivity index (χ1v) is 7.40. The molecule has 2 N–H and O–H groups in total. The third kappa shape index (κ3) is 5.02. The van der Waals surface area contributed by atoms with Crippen molar-refractivity contribution >= 4 is 21.6 Å². The Morgan fingerprint density at radius 3 is 2.62 bits per heavy atom. The summed E-state index contributed by atoms with van der Waals surface area (Å²) >= 11 is 3.42. The molecule has 0 saturated heterocycles. The summed E-state index contributed by atoms with van der Waals surface area (Å²) in [5.41, 5.74) is 1.89. The van der Waals surface area contributed by atoms with Crippen molar-refractivity contribution in [2.24, 2.45) is 0 Å². The normalized spacial score (nSPS) is 12.0. The number of halogens is 2. The molecule has 0 bridgehead atoms. The van der Waals surface area contributed by atoms with Crippen LogP contribution in [0.25, 0.3) is 0 Å². The van der Waals surface area contributed by atoms with E-state index in [-0.39, 0.29) is 12.4 Å². The van der Waals surface area contributed by atoms with Crippen LogP contribution in [0, 0.1) is 12.7 Å². The highest BCUT2D eigenvalue weighted by molar-refractivity contribution is 9.10. The first-order valence-electron chi connectivity index (χ1n) is 6.61. The van der Waals surface area contributed by atoms with E-state index in [1.54, 1.807) is 12.1 Å². The number of hydrogen-bond acceptors (Lipinski definition) is 3. The van der Waals surface area contributed by atoms with Crippen molar-refractivity contribution in [2.45, 2.75) is 13.0 Å². The lowest BCUT2D eigenvalue weighted by molar-refractivity contribution is 0.117. The molecule has 0 radical (unpaired) electrons. The van der Waals surface area contributed by atoms with Crippen LogP contribution in [-0.2, 0) is 0 Å². The smallest absolute Gasteiger partial charge is 0.133 e. The van der Waals surface area contributed by atoms with Crippen molar-refractivity contribution < 1.29 is 14.2 Å². The summed E-state index contributed by atoms with van der Waals surface area (Å²) in [4.78, 5) is 0. The molecule has 0 aromatic heterocycles. The second-order valence-electron chi connectivity index (χ2n) is 4.79. The third-order valence-corrected chi connectivity index (χ3v) is 3.52. The SMILES string of the molecule is Cc1ccc(OCC(O)CNc2ccc(F)cc2)c(Br)c1. The molecule has 5 heteroatoms. The summed E-state index contributed by atoms with van der Waals surface area (Å²) in [6.07, 6.45) is -0.664. The van der Waals surface area contributed by atoms with E-state index in [1.165, 1.54) is 12.1 Å². The zero-order valence-corrected chi connectivity index (χ0v) is 13.2. The quantitative estimate of drug-likeness (QED) is 0.830. The highest BCUT2D eigenvalue weighted by Crippen LogP contribution is 2.25. The predicted molar refractivity (Wildman–Crippen MR) is 85.3 cm³/mol. The molecule has 2 rings (SSSR count). The van der Waals surface area contributed by atoms with Crippen LogP contribution in [0.2, 0.25) is 0 Å². The maximum Gasteiger partial charge on any atom is 0.133 e. The van der Waals surface area contributed by atoms with Gasteiger partial charge >= 0.3 is 0 Å². The number of ether oxygens (including phenoxy) is 1. The average Bonchev–Trinajstić information content (AvgIpc) is 2.46. The highest BCUT2D eigenvalue weighted by atomic mass is 79.9. The molecular formula is C16H17BrFNO2. The van der Waals surface area contributed by atoms with Gasteiger partial charge in [0.15, 0.2) is 0 Å². The Morgan fingerprint density at radius 2 is 1.95 bits per heavy atom. The first kappa shape index (κ1) is 15.8.